The van der Waals surface area contributed by atoms with E-state index in [1.165, 1.54) is 10.8 Å². The third-order valence-electron chi connectivity index (χ3n) is 6.82. The van der Waals surface area contributed by atoms with E-state index in [0.29, 0.717) is 12.8 Å². The molecule has 4 heteroatoms. The maximum absolute atomic E-state index is 12.8. The average molecular weight is 459 g/mol. The van der Waals surface area contributed by atoms with E-state index in [9.17, 15) is 4.79 Å². The lowest BCUT2D eigenvalue weighted by atomic mass is 9.84. The zero-order valence-electron chi connectivity index (χ0n) is 19.4. The topological polar surface area (TPSA) is 55.0 Å². The van der Waals surface area contributed by atoms with Crippen molar-refractivity contribution in [1.82, 2.24) is 9.97 Å². The van der Waals surface area contributed by atoms with Gasteiger partial charge in [-0.25, -0.2) is 4.98 Å². The number of imidazole rings is 1. The summed E-state index contributed by atoms with van der Waals surface area (Å²) in [6.45, 7) is 0. The number of H-pyrrole nitrogens is 1. The van der Waals surface area contributed by atoms with Crippen LogP contribution in [0.2, 0.25) is 0 Å². The van der Waals surface area contributed by atoms with Crippen molar-refractivity contribution in [2.75, 3.05) is 0 Å². The van der Waals surface area contributed by atoms with Crippen molar-refractivity contribution in [3.05, 3.63) is 120 Å². The van der Waals surface area contributed by atoms with E-state index in [0.717, 1.165) is 52.2 Å². The van der Waals surface area contributed by atoms with Crippen LogP contribution >= 0.6 is 0 Å². The van der Waals surface area contributed by atoms with Gasteiger partial charge < -0.3 is 9.72 Å². The Hall–Kier alpha value is -4.18. The maximum atomic E-state index is 12.8. The summed E-state index contributed by atoms with van der Waals surface area (Å²) in [6.07, 6.45) is 6.34. The molecule has 0 fully saturated rings. The lowest BCUT2D eigenvalue weighted by Gasteiger charge is -2.25. The highest BCUT2D eigenvalue weighted by atomic mass is 16.5. The Morgan fingerprint density at radius 2 is 1.71 bits per heavy atom. The van der Waals surface area contributed by atoms with Gasteiger partial charge in [-0.15, -0.1) is 0 Å². The minimum absolute atomic E-state index is 0.218. The molecule has 1 heterocycles. The number of hydrogen-bond acceptors (Lipinski definition) is 3. The molecular weight excluding hydrogens is 432 g/mol. The summed E-state index contributed by atoms with van der Waals surface area (Å²) >= 11 is 0. The zero-order valence-corrected chi connectivity index (χ0v) is 19.4. The summed E-state index contributed by atoms with van der Waals surface area (Å²) in [4.78, 5) is 20.4. The number of aromatic nitrogens is 2. The first kappa shape index (κ1) is 21.4. The summed E-state index contributed by atoms with van der Waals surface area (Å²) < 4.78 is 6.80. The van der Waals surface area contributed by atoms with E-state index in [4.69, 9.17) is 4.74 Å². The quantitative estimate of drug-likeness (QED) is 0.295. The van der Waals surface area contributed by atoms with Gasteiger partial charge in [-0.2, -0.15) is 0 Å². The number of fused-ring (bicyclic) bond motifs is 2. The molecule has 0 aliphatic heterocycles. The van der Waals surface area contributed by atoms with Crippen molar-refractivity contribution in [1.29, 1.82) is 0 Å². The van der Waals surface area contributed by atoms with Gasteiger partial charge in [0.15, 0.2) is 5.78 Å². The van der Waals surface area contributed by atoms with E-state index in [1.807, 2.05) is 36.5 Å². The van der Waals surface area contributed by atoms with Crippen LogP contribution in [-0.4, -0.2) is 15.8 Å². The van der Waals surface area contributed by atoms with E-state index < -0.39 is 0 Å². The summed E-state index contributed by atoms with van der Waals surface area (Å²) in [7, 11) is 0. The Morgan fingerprint density at radius 1 is 0.886 bits per heavy atom. The Kier molecular flexibility index (Phi) is 5.63. The monoisotopic (exact) mass is 458 g/mol. The normalized spacial score (nSPS) is 14.0. The van der Waals surface area contributed by atoms with Crippen molar-refractivity contribution in [2.45, 2.75) is 31.8 Å². The van der Waals surface area contributed by atoms with Crippen LogP contribution in [0.25, 0.3) is 21.9 Å². The van der Waals surface area contributed by atoms with Gasteiger partial charge in [-0.05, 0) is 58.5 Å². The van der Waals surface area contributed by atoms with Crippen LogP contribution in [0.15, 0.2) is 97.3 Å². The van der Waals surface area contributed by atoms with E-state index in [2.05, 4.69) is 64.6 Å². The van der Waals surface area contributed by atoms with E-state index in [-0.39, 0.29) is 11.9 Å². The molecule has 4 aromatic carbocycles. The van der Waals surface area contributed by atoms with Crippen molar-refractivity contribution < 1.29 is 9.53 Å². The van der Waals surface area contributed by atoms with Gasteiger partial charge in [-0.1, -0.05) is 66.7 Å². The molecule has 0 unspecified atom stereocenters. The summed E-state index contributed by atoms with van der Waals surface area (Å²) in [6, 6.07) is 29.0. The first-order valence-corrected chi connectivity index (χ1v) is 12.1. The second-order valence-corrected chi connectivity index (χ2v) is 9.06. The maximum Gasteiger partial charge on any atom is 0.163 e. The number of ketones is 1. The molecule has 1 aliphatic carbocycles. The molecule has 6 rings (SSSR count). The van der Waals surface area contributed by atoms with Gasteiger partial charge in [0.2, 0.25) is 0 Å². The van der Waals surface area contributed by atoms with Gasteiger partial charge in [-0.3, -0.25) is 4.79 Å². The Labute approximate surface area is 204 Å². The molecule has 1 atom stereocenters. The number of carbonyl (C=O) groups excluding carboxylic acids is 1. The highest BCUT2D eigenvalue weighted by Crippen LogP contribution is 2.41. The lowest BCUT2D eigenvalue weighted by molar-refractivity contribution is 0.0972. The molecule has 1 aliphatic rings. The SMILES string of the molecule is O=C1CCCc2c1ccc(O[C@@H](Cc1ncc[nH]1)c1ccccc1)c2-c1ccc2ccccc2c1. The van der Waals surface area contributed by atoms with E-state index >= 15 is 0 Å². The molecule has 0 saturated carbocycles. The van der Waals surface area contributed by atoms with Gasteiger partial charge in [0, 0.05) is 36.4 Å². The molecule has 0 amide bonds. The number of carbonyl (C=O) groups is 1. The van der Waals surface area contributed by atoms with Gasteiger partial charge >= 0.3 is 0 Å². The predicted octanol–water partition coefficient (Wildman–Crippen LogP) is 7.11. The highest BCUT2D eigenvalue weighted by Gasteiger charge is 2.25. The van der Waals surface area contributed by atoms with E-state index in [1.54, 1.807) is 6.20 Å². The fourth-order valence-electron chi connectivity index (χ4n) is 5.10. The van der Waals surface area contributed by atoms with Crippen molar-refractivity contribution >= 4 is 16.6 Å². The summed E-state index contributed by atoms with van der Waals surface area (Å²) in [5.74, 6) is 1.89. The molecule has 0 bridgehead atoms. The largest absolute Gasteiger partial charge is 0.485 e. The number of benzene rings is 4. The molecule has 0 saturated heterocycles. The van der Waals surface area contributed by atoms with Crippen LogP contribution in [0, 0.1) is 0 Å². The highest BCUT2D eigenvalue weighted by molar-refractivity contribution is 6.01. The average Bonchev–Trinajstić information content (AvgIpc) is 3.42. The minimum atomic E-state index is -0.223. The van der Waals surface area contributed by atoms with Crippen molar-refractivity contribution in [3.8, 4) is 16.9 Å². The third-order valence-corrected chi connectivity index (χ3v) is 6.82. The molecular formula is C31H26N2O2. The number of aromatic amines is 1. The first-order valence-electron chi connectivity index (χ1n) is 12.1. The fourth-order valence-corrected chi connectivity index (χ4v) is 5.10. The second kappa shape index (κ2) is 9.22. The third kappa shape index (κ3) is 4.24. The number of Topliss-reactive ketones (excluding diaryl/α,β-unsaturated/α-hetero) is 1. The van der Waals surface area contributed by atoms with Crippen LogP contribution in [0.3, 0.4) is 0 Å². The first-order chi connectivity index (χ1) is 17.3. The smallest absolute Gasteiger partial charge is 0.163 e. The van der Waals surface area contributed by atoms with Crippen molar-refractivity contribution in [3.63, 3.8) is 0 Å². The van der Waals surface area contributed by atoms with Crippen molar-refractivity contribution in [2.24, 2.45) is 0 Å². The number of nitrogens with zero attached hydrogens (tertiary/aromatic N) is 1. The molecule has 0 radical (unpaired) electrons. The zero-order chi connectivity index (χ0) is 23.6. The van der Waals surface area contributed by atoms with Crippen LogP contribution in [0.4, 0.5) is 0 Å². The summed E-state index contributed by atoms with van der Waals surface area (Å²) in [5, 5.41) is 2.37. The van der Waals surface area contributed by atoms with Crippen LogP contribution < -0.4 is 4.74 Å². The van der Waals surface area contributed by atoms with Gasteiger partial charge in [0.05, 0.1) is 0 Å². The predicted molar refractivity (Wildman–Crippen MR) is 139 cm³/mol. The van der Waals surface area contributed by atoms with Gasteiger partial charge in [0.1, 0.15) is 17.7 Å². The van der Waals surface area contributed by atoms with Gasteiger partial charge in [0.25, 0.3) is 0 Å². The second-order valence-electron chi connectivity index (χ2n) is 9.06. The van der Waals surface area contributed by atoms with Crippen LogP contribution in [-0.2, 0) is 12.8 Å². The number of rotatable bonds is 6. The standard InChI is InChI=1S/C31H26N2O2/c34-27-12-6-11-26-25(27)15-16-28(31(26)24-14-13-21-7-4-5-10-23(21)19-24)35-29(20-30-32-17-18-33-30)22-8-2-1-3-9-22/h1-5,7-10,13-19,29H,6,11-12,20H2,(H,32,33)/t29-/m0/s1. The minimum Gasteiger partial charge on any atom is -0.485 e. The van der Waals surface area contributed by atoms with Crippen LogP contribution in [0.5, 0.6) is 5.75 Å². The molecule has 35 heavy (non-hydrogen) atoms. The number of ether oxygens (including phenoxy) is 1. The summed E-state index contributed by atoms with van der Waals surface area (Å²) in [5.41, 5.74) is 5.12. The Morgan fingerprint density at radius 3 is 2.54 bits per heavy atom. The molecule has 5 aromatic rings. The molecule has 172 valence electrons. The molecule has 1 aromatic heterocycles. The fraction of sp³-hybridized carbons (Fsp3) is 0.161. The lowest BCUT2D eigenvalue weighted by Crippen LogP contribution is -2.16. The molecule has 1 N–H and O–H groups in total. The number of hydrogen-bond donors (Lipinski definition) is 1. The molecule has 0 spiro atoms. The molecule has 4 nitrogen and oxygen atoms in total. The Balaban J connectivity index is 1.49. The number of nitrogens with one attached hydrogen (secondary N) is 1. The Bertz CT molecular complexity index is 1490. The van der Waals surface area contributed by atoms with Crippen LogP contribution in [0.1, 0.15) is 46.3 Å².